The molecule has 1 aromatic carbocycles. The number of nitriles is 3. The molecule has 0 spiro atoms. The van der Waals surface area contributed by atoms with Crippen molar-refractivity contribution >= 4 is 15.7 Å². The Bertz CT molecular complexity index is 846. The van der Waals surface area contributed by atoms with E-state index >= 15 is 0 Å². The topological polar surface area (TPSA) is 121 Å². The monoisotopic (exact) mass is 327 g/mol. The fourth-order valence-electron chi connectivity index (χ4n) is 2.24. The van der Waals surface area contributed by atoms with Crippen LogP contribution in [0.3, 0.4) is 0 Å². The number of sulfonamides is 1. The van der Waals surface area contributed by atoms with Crippen LogP contribution in [0.2, 0.25) is 0 Å². The molecule has 0 unspecified atom stereocenters. The normalized spacial score (nSPS) is 14.3. The maximum atomic E-state index is 12.5. The molecule has 8 heteroatoms. The van der Waals surface area contributed by atoms with Gasteiger partial charge in [-0.05, 0) is 31.0 Å². The zero-order valence-corrected chi connectivity index (χ0v) is 13.0. The summed E-state index contributed by atoms with van der Waals surface area (Å²) in [6.07, 6.45) is 1.68. The van der Waals surface area contributed by atoms with Crippen LogP contribution in [-0.4, -0.2) is 25.8 Å². The third-order valence-electron chi connectivity index (χ3n) is 3.39. The Morgan fingerprint density at radius 3 is 2.30 bits per heavy atom. The predicted molar refractivity (Wildman–Crippen MR) is 81.9 cm³/mol. The van der Waals surface area contributed by atoms with Crippen LogP contribution >= 0.6 is 0 Å². The second-order valence-corrected chi connectivity index (χ2v) is 6.79. The predicted octanol–water partition coefficient (Wildman–Crippen LogP) is 1.71. The van der Waals surface area contributed by atoms with E-state index < -0.39 is 10.0 Å². The number of benzene rings is 1. The summed E-state index contributed by atoms with van der Waals surface area (Å²) in [5.74, 6) is 0. The van der Waals surface area contributed by atoms with Gasteiger partial charge in [0, 0.05) is 18.8 Å². The molecule has 116 valence electrons. The molecule has 23 heavy (non-hydrogen) atoms. The van der Waals surface area contributed by atoms with E-state index in [0.717, 1.165) is 12.8 Å². The van der Waals surface area contributed by atoms with Crippen LogP contribution in [0.1, 0.15) is 12.8 Å². The van der Waals surface area contributed by atoms with Gasteiger partial charge in [0.25, 0.3) is 0 Å². The molecule has 2 rings (SSSR count). The quantitative estimate of drug-likeness (QED) is 0.840. The van der Waals surface area contributed by atoms with Crippen molar-refractivity contribution in [2.45, 2.75) is 17.7 Å². The summed E-state index contributed by atoms with van der Waals surface area (Å²) in [6, 6.07) is 10.9. The van der Waals surface area contributed by atoms with E-state index in [-0.39, 0.29) is 16.2 Å². The van der Waals surface area contributed by atoms with Gasteiger partial charge in [0.15, 0.2) is 5.57 Å². The van der Waals surface area contributed by atoms with Crippen molar-refractivity contribution in [3.63, 3.8) is 0 Å². The van der Waals surface area contributed by atoms with Gasteiger partial charge < -0.3 is 5.32 Å². The van der Waals surface area contributed by atoms with Gasteiger partial charge in [0.05, 0.1) is 4.90 Å². The van der Waals surface area contributed by atoms with E-state index in [2.05, 4.69) is 5.32 Å². The fraction of sp³-hybridized carbons (Fsp3) is 0.267. The number of allylic oxidation sites excluding steroid dienone is 2. The zero-order valence-electron chi connectivity index (χ0n) is 12.2. The second-order valence-electron chi connectivity index (χ2n) is 4.85. The molecule has 7 nitrogen and oxygen atoms in total. The first-order chi connectivity index (χ1) is 11.0. The number of anilines is 1. The second kappa shape index (κ2) is 6.93. The highest BCUT2D eigenvalue weighted by molar-refractivity contribution is 7.89. The largest absolute Gasteiger partial charge is 0.345 e. The lowest BCUT2D eigenvalue weighted by Crippen LogP contribution is -2.27. The number of hydrogen-bond donors (Lipinski definition) is 1. The minimum Gasteiger partial charge on any atom is -0.345 e. The fourth-order valence-corrected chi connectivity index (χ4v) is 3.80. The van der Waals surface area contributed by atoms with Gasteiger partial charge in [-0.1, -0.05) is 6.07 Å². The SMILES string of the molecule is N#CC(C#N)=C(C#N)Nc1cccc(S(=O)(=O)N2CCCC2)c1. The summed E-state index contributed by atoms with van der Waals surface area (Å²) < 4.78 is 26.4. The zero-order chi connectivity index (χ0) is 16.9. The summed E-state index contributed by atoms with van der Waals surface area (Å²) in [4.78, 5) is 0.108. The van der Waals surface area contributed by atoms with E-state index in [1.54, 1.807) is 30.3 Å². The molecule has 0 amide bonds. The van der Waals surface area contributed by atoms with Crippen molar-refractivity contribution in [3.8, 4) is 18.2 Å². The lowest BCUT2D eigenvalue weighted by Gasteiger charge is -2.16. The maximum absolute atomic E-state index is 12.5. The molecule has 0 aliphatic carbocycles. The third-order valence-corrected chi connectivity index (χ3v) is 5.29. The molecule has 0 saturated carbocycles. The van der Waals surface area contributed by atoms with Crippen molar-refractivity contribution in [2.75, 3.05) is 18.4 Å². The molecular formula is C15H13N5O2S. The van der Waals surface area contributed by atoms with E-state index in [9.17, 15) is 8.42 Å². The molecule has 1 N–H and O–H groups in total. The maximum Gasteiger partial charge on any atom is 0.243 e. The summed E-state index contributed by atoms with van der Waals surface area (Å²) in [6.45, 7) is 0.993. The number of nitrogens with zero attached hydrogens (tertiary/aromatic N) is 4. The Balaban J connectivity index is 2.35. The number of hydrogen-bond acceptors (Lipinski definition) is 6. The van der Waals surface area contributed by atoms with Crippen LogP contribution in [0.15, 0.2) is 40.4 Å². The lowest BCUT2D eigenvalue weighted by atomic mass is 10.2. The van der Waals surface area contributed by atoms with Crippen molar-refractivity contribution in [3.05, 3.63) is 35.5 Å². The van der Waals surface area contributed by atoms with Gasteiger partial charge in [-0.25, -0.2) is 8.42 Å². The molecule has 1 aliphatic rings. The first-order valence-corrected chi connectivity index (χ1v) is 8.28. The molecule has 1 heterocycles. The Kier molecular flexibility index (Phi) is 4.98. The summed E-state index contributed by atoms with van der Waals surface area (Å²) in [5, 5.41) is 29.3. The van der Waals surface area contributed by atoms with E-state index in [4.69, 9.17) is 15.8 Å². The van der Waals surface area contributed by atoms with Crippen LogP contribution in [-0.2, 0) is 10.0 Å². The van der Waals surface area contributed by atoms with Gasteiger partial charge in [-0.15, -0.1) is 0 Å². The van der Waals surface area contributed by atoms with E-state index in [0.29, 0.717) is 18.8 Å². The first-order valence-electron chi connectivity index (χ1n) is 6.84. The minimum atomic E-state index is -3.57. The highest BCUT2D eigenvalue weighted by atomic mass is 32.2. The average molecular weight is 327 g/mol. The Morgan fingerprint density at radius 1 is 1.09 bits per heavy atom. The average Bonchev–Trinajstić information content (AvgIpc) is 3.10. The Labute approximate surface area is 134 Å². The van der Waals surface area contributed by atoms with Gasteiger partial charge in [0.2, 0.25) is 10.0 Å². The molecule has 0 radical (unpaired) electrons. The van der Waals surface area contributed by atoms with Crippen molar-refractivity contribution in [2.24, 2.45) is 0 Å². The Hall–Kier alpha value is -2.86. The molecule has 0 atom stereocenters. The van der Waals surface area contributed by atoms with E-state index in [1.165, 1.54) is 16.4 Å². The molecule has 0 bridgehead atoms. The van der Waals surface area contributed by atoms with Crippen LogP contribution < -0.4 is 5.32 Å². The van der Waals surface area contributed by atoms with E-state index in [1.807, 2.05) is 0 Å². The molecule has 0 aromatic heterocycles. The van der Waals surface area contributed by atoms with Gasteiger partial charge in [0.1, 0.15) is 23.9 Å². The summed E-state index contributed by atoms with van der Waals surface area (Å²) >= 11 is 0. The first kappa shape index (κ1) is 16.5. The minimum absolute atomic E-state index is 0.108. The smallest absolute Gasteiger partial charge is 0.243 e. The van der Waals surface area contributed by atoms with Crippen LogP contribution in [0.4, 0.5) is 5.69 Å². The lowest BCUT2D eigenvalue weighted by molar-refractivity contribution is 0.477. The molecule has 1 aromatic rings. The third kappa shape index (κ3) is 3.49. The summed E-state index contributed by atoms with van der Waals surface area (Å²) in [5.41, 5.74) is -0.254. The van der Waals surface area contributed by atoms with Crippen LogP contribution in [0.5, 0.6) is 0 Å². The highest BCUT2D eigenvalue weighted by Crippen LogP contribution is 2.23. The van der Waals surface area contributed by atoms with Crippen molar-refractivity contribution in [1.29, 1.82) is 15.8 Å². The molecule has 1 aliphatic heterocycles. The van der Waals surface area contributed by atoms with Crippen molar-refractivity contribution in [1.82, 2.24) is 4.31 Å². The molecule has 1 saturated heterocycles. The van der Waals surface area contributed by atoms with Crippen LogP contribution in [0, 0.1) is 34.0 Å². The highest BCUT2D eigenvalue weighted by Gasteiger charge is 2.27. The van der Waals surface area contributed by atoms with Crippen LogP contribution in [0.25, 0.3) is 0 Å². The van der Waals surface area contributed by atoms with Gasteiger partial charge in [-0.3, -0.25) is 0 Å². The number of nitrogens with one attached hydrogen (secondary N) is 1. The molecular weight excluding hydrogens is 314 g/mol. The van der Waals surface area contributed by atoms with Crippen molar-refractivity contribution < 1.29 is 8.42 Å². The summed E-state index contributed by atoms with van der Waals surface area (Å²) in [7, 11) is -3.57. The number of rotatable bonds is 4. The van der Waals surface area contributed by atoms with Gasteiger partial charge in [-0.2, -0.15) is 20.1 Å². The molecule has 1 fully saturated rings. The van der Waals surface area contributed by atoms with Gasteiger partial charge >= 0.3 is 0 Å². The Morgan fingerprint density at radius 2 is 1.74 bits per heavy atom. The standard InChI is InChI=1S/C15H13N5O2S/c16-9-12(10-17)15(11-18)19-13-4-3-5-14(8-13)23(21,22)20-6-1-2-7-20/h3-5,8,19H,1-2,6-7H2.